The molecule has 144 valence electrons. The number of halogens is 1. The maximum absolute atomic E-state index is 12.2. The molecule has 2 aromatic heterocycles. The van der Waals surface area contributed by atoms with Gasteiger partial charge in [-0.2, -0.15) is 0 Å². The van der Waals surface area contributed by atoms with E-state index in [0.717, 1.165) is 55.9 Å². The molecular weight excluding hydrogens is 366 g/mol. The Hall–Kier alpha value is -2.15. The molecule has 1 spiro atoms. The van der Waals surface area contributed by atoms with Crippen LogP contribution in [0.25, 0.3) is 11.0 Å². The van der Waals surface area contributed by atoms with Gasteiger partial charge in [0.2, 0.25) is 0 Å². The lowest BCUT2D eigenvalue weighted by Crippen LogP contribution is -2.62. The van der Waals surface area contributed by atoms with E-state index in [9.17, 15) is 4.79 Å². The number of fused-ring (bicyclic) bond motifs is 1. The molecule has 27 heavy (non-hydrogen) atoms. The van der Waals surface area contributed by atoms with Crippen LogP contribution in [0.2, 0.25) is 5.15 Å². The summed E-state index contributed by atoms with van der Waals surface area (Å²) in [5, 5.41) is 0.444. The van der Waals surface area contributed by atoms with Gasteiger partial charge < -0.3 is 14.5 Å². The van der Waals surface area contributed by atoms with Crippen LogP contribution in [0.15, 0.2) is 18.5 Å². The van der Waals surface area contributed by atoms with Gasteiger partial charge in [0, 0.05) is 31.6 Å². The number of amides is 1. The third-order valence-electron chi connectivity index (χ3n) is 5.26. The van der Waals surface area contributed by atoms with Gasteiger partial charge in [0.05, 0.1) is 5.52 Å². The van der Waals surface area contributed by atoms with Crippen molar-refractivity contribution in [2.45, 2.75) is 39.2 Å². The first-order valence-corrected chi connectivity index (χ1v) is 9.63. The van der Waals surface area contributed by atoms with Crippen LogP contribution in [0.3, 0.4) is 0 Å². The molecule has 2 saturated heterocycles. The van der Waals surface area contributed by atoms with Gasteiger partial charge in [-0.1, -0.05) is 11.6 Å². The monoisotopic (exact) mass is 389 g/mol. The molecule has 4 heterocycles. The minimum atomic E-state index is -0.453. The zero-order valence-corrected chi connectivity index (χ0v) is 16.7. The molecule has 2 fully saturated rings. The number of ether oxygens (including phenoxy) is 1. The van der Waals surface area contributed by atoms with E-state index in [1.54, 1.807) is 12.4 Å². The molecule has 0 saturated carbocycles. The lowest BCUT2D eigenvalue weighted by molar-refractivity contribution is -0.0434. The summed E-state index contributed by atoms with van der Waals surface area (Å²) < 4.78 is 5.46. The van der Waals surface area contributed by atoms with Crippen molar-refractivity contribution < 1.29 is 9.53 Å². The highest BCUT2D eigenvalue weighted by molar-refractivity contribution is 6.29. The van der Waals surface area contributed by atoms with Gasteiger partial charge in [0.25, 0.3) is 0 Å². The second kappa shape index (κ2) is 6.48. The van der Waals surface area contributed by atoms with Gasteiger partial charge in [-0.05, 0) is 45.7 Å². The van der Waals surface area contributed by atoms with Crippen molar-refractivity contribution in [1.29, 1.82) is 0 Å². The Kier molecular flexibility index (Phi) is 4.37. The molecule has 0 N–H and O–H groups in total. The highest BCUT2D eigenvalue weighted by Gasteiger charge is 2.48. The van der Waals surface area contributed by atoms with E-state index in [1.165, 1.54) is 0 Å². The number of nitrogens with zero attached hydrogens (tertiary/aromatic N) is 5. The van der Waals surface area contributed by atoms with Gasteiger partial charge in [0.1, 0.15) is 22.6 Å². The SMILES string of the molecule is CC(C)(C)OC(=O)N1CC2(CCN(c3ncnc4ccc(Cl)nc34)CC2)C1. The number of hydrogen-bond donors (Lipinski definition) is 0. The minimum absolute atomic E-state index is 0.196. The third kappa shape index (κ3) is 3.65. The Morgan fingerprint density at radius 3 is 2.56 bits per heavy atom. The number of anilines is 1. The van der Waals surface area contributed by atoms with Crippen molar-refractivity contribution in [3.05, 3.63) is 23.6 Å². The Morgan fingerprint density at radius 2 is 1.89 bits per heavy atom. The van der Waals surface area contributed by atoms with Gasteiger partial charge in [0.15, 0.2) is 5.82 Å². The van der Waals surface area contributed by atoms with Crippen LogP contribution < -0.4 is 4.90 Å². The van der Waals surface area contributed by atoms with E-state index in [0.29, 0.717) is 5.15 Å². The van der Waals surface area contributed by atoms with Crippen molar-refractivity contribution in [3.8, 4) is 0 Å². The summed E-state index contributed by atoms with van der Waals surface area (Å²) in [5.41, 5.74) is 1.28. The average molecular weight is 390 g/mol. The van der Waals surface area contributed by atoms with E-state index in [4.69, 9.17) is 16.3 Å². The van der Waals surface area contributed by atoms with E-state index in [2.05, 4.69) is 19.9 Å². The number of rotatable bonds is 1. The molecule has 7 nitrogen and oxygen atoms in total. The smallest absolute Gasteiger partial charge is 0.410 e. The van der Waals surface area contributed by atoms with Crippen molar-refractivity contribution in [2.75, 3.05) is 31.1 Å². The van der Waals surface area contributed by atoms with Crippen LogP contribution in [-0.2, 0) is 4.74 Å². The number of carbonyl (C=O) groups is 1. The first-order valence-electron chi connectivity index (χ1n) is 9.25. The van der Waals surface area contributed by atoms with Gasteiger partial charge in [-0.3, -0.25) is 0 Å². The van der Waals surface area contributed by atoms with Crippen LogP contribution in [0, 0.1) is 5.41 Å². The second-order valence-corrected chi connectivity index (χ2v) is 8.91. The quantitative estimate of drug-likeness (QED) is 0.695. The molecule has 1 amide bonds. The summed E-state index contributed by atoms with van der Waals surface area (Å²) in [6.45, 7) is 8.97. The fraction of sp³-hybridized carbons (Fsp3) is 0.579. The van der Waals surface area contributed by atoms with E-state index in [1.807, 2.05) is 31.7 Å². The molecule has 2 aromatic rings. The zero-order valence-electron chi connectivity index (χ0n) is 15.9. The number of pyridine rings is 1. The molecule has 0 radical (unpaired) electrons. The molecule has 2 aliphatic heterocycles. The summed E-state index contributed by atoms with van der Waals surface area (Å²) in [4.78, 5) is 29.4. The summed E-state index contributed by atoms with van der Waals surface area (Å²) >= 11 is 6.06. The third-order valence-corrected chi connectivity index (χ3v) is 5.47. The molecule has 4 rings (SSSR count). The van der Waals surface area contributed by atoms with Gasteiger partial charge in [-0.25, -0.2) is 19.7 Å². The lowest BCUT2D eigenvalue weighted by Gasteiger charge is -2.53. The number of piperidine rings is 1. The zero-order chi connectivity index (χ0) is 19.2. The topological polar surface area (TPSA) is 71.5 Å². The normalized spacial score (nSPS) is 19.3. The fourth-order valence-electron chi connectivity index (χ4n) is 3.86. The average Bonchev–Trinajstić information content (AvgIpc) is 2.58. The highest BCUT2D eigenvalue weighted by atomic mass is 35.5. The molecular formula is C19H24ClN5O2. The molecule has 0 atom stereocenters. The Bertz CT molecular complexity index is 866. The Labute approximate surface area is 163 Å². The number of hydrogen-bond acceptors (Lipinski definition) is 6. The number of carbonyl (C=O) groups excluding carboxylic acids is 1. The predicted octanol–water partition coefficient (Wildman–Crippen LogP) is 3.52. The van der Waals surface area contributed by atoms with Gasteiger partial charge >= 0.3 is 6.09 Å². The molecule has 0 aromatic carbocycles. The Morgan fingerprint density at radius 1 is 1.19 bits per heavy atom. The Balaban J connectivity index is 1.41. The van der Waals surface area contributed by atoms with Crippen LogP contribution in [0.5, 0.6) is 0 Å². The van der Waals surface area contributed by atoms with Crippen molar-refractivity contribution in [3.63, 3.8) is 0 Å². The maximum atomic E-state index is 12.2. The van der Waals surface area contributed by atoms with E-state index in [-0.39, 0.29) is 11.5 Å². The summed E-state index contributed by atoms with van der Waals surface area (Å²) in [6, 6.07) is 3.61. The molecule has 0 bridgehead atoms. The summed E-state index contributed by atoms with van der Waals surface area (Å²) in [6.07, 6.45) is 3.39. The lowest BCUT2D eigenvalue weighted by atomic mass is 9.72. The van der Waals surface area contributed by atoms with E-state index >= 15 is 0 Å². The largest absolute Gasteiger partial charge is 0.444 e. The fourth-order valence-corrected chi connectivity index (χ4v) is 4.01. The van der Waals surface area contributed by atoms with Crippen LogP contribution in [0.1, 0.15) is 33.6 Å². The van der Waals surface area contributed by atoms with Crippen molar-refractivity contribution in [2.24, 2.45) is 5.41 Å². The number of likely N-dealkylation sites (tertiary alicyclic amines) is 1. The molecule has 2 aliphatic rings. The minimum Gasteiger partial charge on any atom is -0.444 e. The molecule has 8 heteroatoms. The van der Waals surface area contributed by atoms with Gasteiger partial charge in [-0.15, -0.1) is 0 Å². The predicted molar refractivity (Wildman–Crippen MR) is 104 cm³/mol. The van der Waals surface area contributed by atoms with Crippen molar-refractivity contribution in [1.82, 2.24) is 19.9 Å². The second-order valence-electron chi connectivity index (χ2n) is 8.52. The molecule has 0 aliphatic carbocycles. The summed E-state index contributed by atoms with van der Waals surface area (Å²) in [5.74, 6) is 0.834. The van der Waals surface area contributed by atoms with Crippen LogP contribution in [0.4, 0.5) is 10.6 Å². The van der Waals surface area contributed by atoms with E-state index < -0.39 is 5.60 Å². The van der Waals surface area contributed by atoms with Crippen LogP contribution >= 0.6 is 11.6 Å². The highest BCUT2D eigenvalue weighted by Crippen LogP contribution is 2.42. The first-order chi connectivity index (χ1) is 12.7. The first kappa shape index (κ1) is 18.2. The van der Waals surface area contributed by atoms with Crippen molar-refractivity contribution >= 4 is 34.5 Å². The standard InChI is InChI=1S/C19H24ClN5O2/c1-18(2,3)27-17(26)25-10-19(11-25)6-8-24(9-7-19)16-15-13(21-12-22-16)4-5-14(20)23-15/h4-5,12H,6-11H2,1-3H3. The summed E-state index contributed by atoms with van der Waals surface area (Å²) in [7, 11) is 0. The number of aromatic nitrogens is 3. The molecule has 0 unspecified atom stereocenters. The van der Waals surface area contributed by atoms with Crippen LogP contribution in [-0.4, -0.2) is 57.7 Å². The maximum Gasteiger partial charge on any atom is 0.410 e.